The number of hydrogen-bond donors (Lipinski definition) is 2. The van der Waals surface area contributed by atoms with Crippen LogP contribution >= 0.6 is 0 Å². The molecule has 2 aliphatic rings. The van der Waals surface area contributed by atoms with Gasteiger partial charge in [-0.1, -0.05) is 6.07 Å². The van der Waals surface area contributed by atoms with Crippen LogP contribution in [0.5, 0.6) is 0 Å². The van der Waals surface area contributed by atoms with Crippen LogP contribution in [0.3, 0.4) is 0 Å². The summed E-state index contributed by atoms with van der Waals surface area (Å²) in [5, 5.41) is 23.9. The topological polar surface area (TPSA) is 112 Å². The molecule has 1 aliphatic carbocycles. The third-order valence-corrected chi connectivity index (χ3v) is 7.80. The predicted molar refractivity (Wildman–Crippen MR) is 154 cm³/mol. The molecule has 9 nitrogen and oxygen atoms in total. The molecule has 0 bridgehead atoms. The number of anilines is 1. The van der Waals surface area contributed by atoms with Crippen LogP contribution in [0.1, 0.15) is 57.1 Å². The quantitative estimate of drug-likeness (QED) is 0.272. The molecule has 6 rings (SSSR count). The van der Waals surface area contributed by atoms with Gasteiger partial charge in [-0.25, -0.2) is 4.98 Å². The van der Waals surface area contributed by atoms with Gasteiger partial charge in [0, 0.05) is 49.4 Å². The molecule has 0 unspecified atom stereocenters. The molecule has 43 heavy (non-hydrogen) atoms. The number of benzene rings is 2. The minimum atomic E-state index is -4.62. The lowest BCUT2D eigenvalue weighted by atomic mass is 9.96. The van der Waals surface area contributed by atoms with E-state index in [-0.39, 0.29) is 36.0 Å². The average molecular weight is 587 g/mol. The molecule has 0 saturated heterocycles. The molecule has 3 heterocycles. The third kappa shape index (κ3) is 5.61. The van der Waals surface area contributed by atoms with Gasteiger partial charge in [0.05, 0.1) is 23.7 Å². The molecule has 12 heteroatoms. The van der Waals surface area contributed by atoms with Gasteiger partial charge in [0.1, 0.15) is 12.1 Å². The molecule has 1 amide bonds. The molecule has 2 aromatic carbocycles. The maximum Gasteiger partial charge on any atom is 0.416 e. The van der Waals surface area contributed by atoms with Gasteiger partial charge in [-0.15, -0.1) is 10.2 Å². The lowest BCUT2D eigenvalue weighted by Crippen LogP contribution is -2.25. The Bertz CT molecular complexity index is 1750. The Labute approximate surface area is 246 Å². The normalized spacial score (nSPS) is 14.7. The molecule has 0 spiro atoms. The predicted octanol–water partition coefficient (Wildman–Crippen LogP) is 4.78. The molecule has 1 fully saturated rings. The Balaban J connectivity index is 1.43. The van der Waals surface area contributed by atoms with E-state index >= 15 is 0 Å². The first-order valence-corrected chi connectivity index (χ1v) is 14.0. The van der Waals surface area contributed by atoms with Crippen molar-refractivity contribution < 1.29 is 18.0 Å². The molecule has 4 aromatic rings. The number of carbonyl (C=O) groups excluding carboxylic acids is 1. The second kappa shape index (κ2) is 11.2. The fourth-order valence-corrected chi connectivity index (χ4v) is 5.45. The molecule has 0 radical (unpaired) electrons. The molecule has 1 aliphatic heterocycles. The summed E-state index contributed by atoms with van der Waals surface area (Å²) in [5.74, 6) is 0.526. The van der Waals surface area contributed by atoms with Crippen LogP contribution in [0.4, 0.5) is 19.0 Å². The zero-order valence-corrected chi connectivity index (χ0v) is 23.7. The van der Waals surface area contributed by atoms with Crippen LogP contribution in [0.25, 0.3) is 22.5 Å². The number of hydrogen-bond acceptors (Lipinski definition) is 7. The van der Waals surface area contributed by atoms with Crippen LogP contribution in [-0.4, -0.2) is 45.8 Å². The van der Waals surface area contributed by atoms with Gasteiger partial charge in [-0.3, -0.25) is 9.69 Å². The van der Waals surface area contributed by atoms with Crippen molar-refractivity contribution >= 4 is 11.7 Å². The fourth-order valence-electron chi connectivity index (χ4n) is 5.45. The lowest BCUT2D eigenvalue weighted by Gasteiger charge is -2.19. The third-order valence-electron chi connectivity index (χ3n) is 7.80. The highest BCUT2D eigenvalue weighted by atomic mass is 19.4. The van der Waals surface area contributed by atoms with Crippen LogP contribution in [0.2, 0.25) is 0 Å². The van der Waals surface area contributed by atoms with E-state index in [4.69, 9.17) is 4.98 Å². The van der Waals surface area contributed by atoms with E-state index in [0.29, 0.717) is 35.6 Å². The highest BCUT2D eigenvalue weighted by Crippen LogP contribution is 2.44. The van der Waals surface area contributed by atoms with Gasteiger partial charge >= 0.3 is 6.18 Å². The lowest BCUT2D eigenvalue weighted by molar-refractivity contribution is -0.138. The smallest absolute Gasteiger partial charge is 0.318 e. The number of alkyl halides is 3. The number of pyridine rings is 1. The summed E-state index contributed by atoms with van der Waals surface area (Å²) in [6.07, 6.45) is -1.18. The molecule has 2 N–H and O–H groups in total. The summed E-state index contributed by atoms with van der Waals surface area (Å²) < 4.78 is 44.5. The van der Waals surface area contributed by atoms with Crippen molar-refractivity contribution in [1.82, 2.24) is 30.4 Å². The van der Waals surface area contributed by atoms with E-state index in [9.17, 15) is 23.2 Å². The number of nitrogens with one attached hydrogen (secondary N) is 2. The maximum atomic E-state index is 14.2. The zero-order valence-electron chi connectivity index (χ0n) is 23.7. The van der Waals surface area contributed by atoms with E-state index in [0.717, 1.165) is 35.7 Å². The number of carbonyl (C=O) groups is 1. The number of halogens is 3. The maximum absolute atomic E-state index is 14.2. The minimum Gasteiger partial charge on any atom is -0.318 e. The van der Waals surface area contributed by atoms with Crippen molar-refractivity contribution in [3.63, 3.8) is 0 Å². The second-order valence-electron chi connectivity index (χ2n) is 10.9. The molecule has 220 valence electrons. The van der Waals surface area contributed by atoms with Gasteiger partial charge < -0.3 is 15.2 Å². The average Bonchev–Trinajstić information content (AvgIpc) is 3.68. The number of likely N-dealkylation sites (N-methyl/N-ethyl adjacent to an activating group) is 1. The van der Waals surface area contributed by atoms with Crippen molar-refractivity contribution in [2.45, 2.75) is 38.0 Å². The van der Waals surface area contributed by atoms with E-state index in [2.05, 4.69) is 26.9 Å². The first-order valence-electron chi connectivity index (χ1n) is 14.0. The van der Waals surface area contributed by atoms with Crippen LogP contribution < -0.4 is 15.5 Å². The first-order chi connectivity index (χ1) is 20.7. The van der Waals surface area contributed by atoms with Gasteiger partial charge in [-0.05, 0) is 78.5 Å². The second-order valence-corrected chi connectivity index (χ2v) is 10.9. The Morgan fingerprint density at radius 3 is 2.56 bits per heavy atom. The molecule has 2 aromatic heterocycles. The van der Waals surface area contributed by atoms with Crippen LogP contribution in [0.15, 0.2) is 48.8 Å². The Morgan fingerprint density at radius 1 is 1.07 bits per heavy atom. The number of aryl methyl sites for hydroxylation is 1. The van der Waals surface area contributed by atoms with Gasteiger partial charge in [0.25, 0.3) is 5.91 Å². The number of amides is 1. The number of aromatic nitrogens is 4. The molecule has 0 atom stereocenters. The Morgan fingerprint density at radius 2 is 1.88 bits per heavy atom. The zero-order chi connectivity index (χ0) is 30.3. The molecule has 1 saturated carbocycles. The van der Waals surface area contributed by atoms with E-state index in [1.54, 1.807) is 49.3 Å². The first kappa shape index (κ1) is 28.5. The van der Waals surface area contributed by atoms with Crippen molar-refractivity contribution in [2.24, 2.45) is 7.05 Å². The fraction of sp³-hybridized carbons (Fsp3) is 0.323. The van der Waals surface area contributed by atoms with Gasteiger partial charge in [0.15, 0.2) is 5.82 Å². The monoisotopic (exact) mass is 586 g/mol. The summed E-state index contributed by atoms with van der Waals surface area (Å²) in [6, 6.07) is 13.8. The SMILES string of the molecule is CNCCNCc1cc2c(c(C(F)(F)F)c1)CN(c1cc(-c3ccc(C#N)cc3-c3nncn3C)cc(C3CC3)n1)C2=O. The Hall–Kier alpha value is -4.60. The van der Waals surface area contributed by atoms with Crippen molar-refractivity contribution in [2.75, 3.05) is 25.0 Å². The molecular formula is C31H29F3N8O. The summed E-state index contributed by atoms with van der Waals surface area (Å²) in [5.41, 5.74) is 2.94. The Kier molecular flexibility index (Phi) is 7.45. The van der Waals surface area contributed by atoms with E-state index in [1.807, 2.05) is 12.1 Å². The summed E-state index contributed by atoms with van der Waals surface area (Å²) in [7, 11) is 3.59. The largest absolute Gasteiger partial charge is 0.416 e. The highest BCUT2D eigenvalue weighted by molar-refractivity contribution is 6.10. The number of nitrogens with zero attached hydrogens (tertiary/aromatic N) is 6. The number of fused-ring (bicyclic) bond motifs is 1. The standard InChI is InChI=1S/C31H29F3N8O/c1-36-7-8-37-15-19-10-24-25(26(11-19)31(32,33)34)16-42(30(24)43)28-13-21(12-27(39-28)20-4-5-20)22-6-3-18(14-35)9-23(22)29-40-38-17-41(29)2/h3,6,9-13,17,20,36-37H,4-5,7-8,15-16H2,1-2H3. The summed E-state index contributed by atoms with van der Waals surface area (Å²) in [4.78, 5) is 19.9. The highest BCUT2D eigenvalue weighted by Gasteiger charge is 2.41. The summed E-state index contributed by atoms with van der Waals surface area (Å²) >= 11 is 0. The minimum absolute atomic E-state index is 0.0403. The summed E-state index contributed by atoms with van der Waals surface area (Å²) in [6.45, 7) is 1.20. The van der Waals surface area contributed by atoms with Gasteiger partial charge in [-0.2, -0.15) is 18.4 Å². The van der Waals surface area contributed by atoms with Gasteiger partial charge in [0.2, 0.25) is 0 Å². The van der Waals surface area contributed by atoms with E-state index < -0.39 is 17.6 Å². The van der Waals surface area contributed by atoms with Crippen LogP contribution in [-0.2, 0) is 26.3 Å². The van der Waals surface area contributed by atoms with E-state index in [1.165, 1.54) is 4.90 Å². The van der Waals surface area contributed by atoms with Crippen molar-refractivity contribution in [1.29, 1.82) is 5.26 Å². The number of nitriles is 1. The van der Waals surface area contributed by atoms with Crippen molar-refractivity contribution in [3.8, 4) is 28.6 Å². The number of rotatable bonds is 9. The van der Waals surface area contributed by atoms with Crippen LogP contribution in [0, 0.1) is 11.3 Å². The van der Waals surface area contributed by atoms with Crippen molar-refractivity contribution in [3.05, 3.63) is 82.3 Å². The molecular weight excluding hydrogens is 557 g/mol.